The Morgan fingerprint density at radius 1 is 1.15 bits per heavy atom. The number of benzene rings is 2. The number of aromatic nitrogens is 2. The van der Waals surface area contributed by atoms with Crippen LogP contribution < -0.4 is 5.32 Å². The third-order valence-electron chi connectivity index (χ3n) is 4.71. The van der Waals surface area contributed by atoms with Gasteiger partial charge in [0.2, 0.25) is 0 Å². The molecule has 0 fully saturated rings. The number of hydrogen-bond acceptors (Lipinski definition) is 2. The molecule has 0 spiro atoms. The molecule has 0 unspecified atom stereocenters. The minimum Gasteiger partial charge on any atom is -0.345 e. The molecule has 0 saturated carbocycles. The Hall–Kier alpha value is -2.95. The number of carbonyl (C=O) groups excluding carboxylic acids is 1. The summed E-state index contributed by atoms with van der Waals surface area (Å²) < 4.78 is 15.3. The number of nitrogens with one attached hydrogen (secondary N) is 1. The van der Waals surface area contributed by atoms with Crippen molar-refractivity contribution >= 4 is 5.91 Å². The molecule has 5 heteroatoms. The summed E-state index contributed by atoms with van der Waals surface area (Å²) in [5.74, 6) is 0.652. The lowest BCUT2D eigenvalue weighted by Gasteiger charge is -2.23. The molecule has 1 atom stereocenters. The first kappa shape index (κ1) is 18.8. The maximum atomic E-state index is 13.2. The highest BCUT2D eigenvalue weighted by molar-refractivity contribution is 5.96. The number of carbonyl (C=O) groups is 1. The van der Waals surface area contributed by atoms with Gasteiger partial charge in [-0.05, 0) is 42.2 Å². The summed E-state index contributed by atoms with van der Waals surface area (Å²) in [6.45, 7) is 6.59. The molecule has 0 aliphatic carbocycles. The molecule has 27 heavy (non-hydrogen) atoms. The fourth-order valence-electron chi connectivity index (χ4n) is 3.16. The SMILES string of the molecule is Cc1nccn1Cc1ccccc1C(=O)N[C@@H](c1ccc(F)cc1)C(C)C. The highest BCUT2D eigenvalue weighted by Gasteiger charge is 2.21. The molecule has 3 rings (SSSR count). The molecule has 140 valence electrons. The Labute approximate surface area is 159 Å². The van der Waals surface area contributed by atoms with Crippen LogP contribution in [0.15, 0.2) is 60.9 Å². The van der Waals surface area contributed by atoms with Crippen LogP contribution in [0.4, 0.5) is 4.39 Å². The van der Waals surface area contributed by atoms with E-state index in [0.717, 1.165) is 17.0 Å². The zero-order valence-electron chi connectivity index (χ0n) is 15.8. The lowest BCUT2D eigenvalue weighted by Crippen LogP contribution is -2.32. The Morgan fingerprint density at radius 2 is 1.85 bits per heavy atom. The molecule has 2 aromatic carbocycles. The van der Waals surface area contributed by atoms with Crippen molar-refractivity contribution in [3.05, 3.63) is 89.3 Å². The zero-order chi connectivity index (χ0) is 19.4. The lowest BCUT2D eigenvalue weighted by molar-refractivity contribution is 0.0924. The molecule has 4 nitrogen and oxygen atoms in total. The van der Waals surface area contributed by atoms with E-state index >= 15 is 0 Å². The van der Waals surface area contributed by atoms with E-state index in [-0.39, 0.29) is 23.7 Å². The average Bonchev–Trinajstić information content (AvgIpc) is 3.05. The van der Waals surface area contributed by atoms with Crippen LogP contribution in [0.5, 0.6) is 0 Å². The molecule has 0 radical (unpaired) electrons. The van der Waals surface area contributed by atoms with E-state index < -0.39 is 0 Å². The monoisotopic (exact) mass is 365 g/mol. The Morgan fingerprint density at radius 3 is 2.48 bits per heavy atom. The second-order valence-electron chi connectivity index (χ2n) is 7.01. The first-order chi connectivity index (χ1) is 13.0. The van der Waals surface area contributed by atoms with Gasteiger partial charge in [-0.3, -0.25) is 4.79 Å². The van der Waals surface area contributed by atoms with E-state index in [1.54, 1.807) is 18.3 Å². The van der Waals surface area contributed by atoms with Crippen LogP contribution in [0.25, 0.3) is 0 Å². The smallest absolute Gasteiger partial charge is 0.252 e. The number of nitrogens with zero attached hydrogens (tertiary/aromatic N) is 2. The van der Waals surface area contributed by atoms with Gasteiger partial charge in [-0.15, -0.1) is 0 Å². The summed E-state index contributed by atoms with van der Waals surface area (Å²) in [5.41, 5.74) is 2.46. The molecular weight excluding hydrogens is 341 g/mol. The predicted molar refractivity (Wildman–Crippen MR) is 104 cm³/mol. The predicted octanol–water partition coefficient (Wildman–Crippen LogP) is 4.51. The second kappa shape index (κ2) is 8.16. The van der Waals surface area contributed by atoms with Crippen molar-refractivity contribution in [3.8, 4) is 0 Å². The van der Waals surface area contributed by atoms with Gasteiger partial charge in [0.15, 0.2) is 0 Å². The zero-order valence-corrected chi connectivity index (χ0v) is 15.8. The fourth-order valence-corrected chi connectivity index (χ4v) is 3.16. The van der Waals surface area contributed by atoms with Crippen LogP contribution in [0.1, 0.15) is 47.2 Å². The highest BCUT2D eigenvalue weighted by Crippen LogP contribution is 2.23. The molecule has 0 bridgehead atoms. The van der Waals surface area contributed by atoms with E-state index in [1.165, 1.54) is 12.1 Å². The molecule has 1 heterocycles. The Bertz CT molecular complexity index is 915. The number of hydrogen-bond donors (Lipinski definition) is 1. The normalized spacial score (nSPS) is 12.2. The molecule has 1 amide bonds. The minimum absolute atomic E-state index is 0.133. The van der Waals surface area contributed by atoms with E-state index in [9.17, 15) is 9.18 Å². The summed E-state index contributed by atoms with van der Waals surface area (Å²) in [7, 11) is 0. The molecule has 1 aromatic heterocycles. The maximum Gasteiger partial charge on any atom is 0.252 e. The van der Waals surface area contributed by atoms with Gasteiger partial charge in [0.25, 0.3) is 5.91 Å². The Kier molecular flexibility index (Phi) is 5.69. The number of imidazole rings is 1. The van der Waals surface area contributed by atoms with Crippen molar-refractivity contribution < 1.29 is 9.18 Å². The number of amides is 1. The molecule has 0 aliphatic rings. The maximum absolute atomic E-state index is 13.2. The van der Waals surface area contributed by atoms with Crippen LogP contribution in [-0.4, -0.2) is 15.5 Å². The third kappa shape index (κ3) is 4.42. The number of aryl methyl sites for hydroxylation is 1. The van der Waals surface area contributed by atoms with Gasteiger partial charge in [-0.25, -0.2) is 9.37 Å². The summed E-state index contributed by atoms with van der Waals surface area (Å²) in [6.07, 6.45) is 3.65. The standard InChI is InChI=1S/C22H24FN3O/c1-15(2)21(17-8-10-19(23)11-9-17)25-22(27)20-7-5-4-6-18(20)14-26-13-12-24-16(26)3/h4-13,15,21H,14H2,1-3H3,(H,25,27)/t21-/m1/s1. The van der Waals surface area contributed by atoms with Crippen molar-refractivity contribution in [3.63, 3.8) is 0 Å². The van der Waals surface area contributed by atoms with Crippen LogP contribution in [0, 0.1) is 18.7 Å². The van der Waals surface area contributed by atoms with Crippen LogP contribution in [-0.2, 0) is 6.54 Å². The summed E-state index contributed by atoms with van der Waals surface area (Å²) in [6, 6.07) is 13.7. The average molecular weight is 365 g/mol. The van der Waals surface area contributed by atoms with Crippen molar-refractivity contribution in [1.29, 1.82) is 0 Å². The van der Waals surface area contributed by atoms with E-state index in [4.69, 9.17) is 0 Å². The van der Waals surface area contributed by atoms with Gasteiger partial charge in [0.1, 0.15) is 11.6 Å². The molecule has 0 saturated heterocycles. The van der Waals surface area contributed by atoms with E-state index in [0.29, 0.717) is 12.1 Å². The summed E-state index contributed by atoms with van der Waals surface area (Å²) >= 11 is 0. The van der Waals surface area contributed by atoms with Crippen molar-refractivity contribution in [2.24, 2.45) is 5.92 Å². The highest BCUT2D eigenvalue weighted by atomic mass is 19.1. The Balaban J connectivity index is 1.84. The van der Waals surface area contributed by atoms with Gasteiger partial charge in [0.05, 0.1) is 6.04 Å². The lowest BCUT2D eigenvalue weighted by atomic mass is 9.95. The number of rotatable bonds is 6. The minimum atomic E-state index is -0.284. The molecular formula is C22H24FN3O. The van der Waals surface area contributed by atoms with E-state index in [2.05, 4.69) is 10.3 Å². The van der Waals surface area contributed by atoms with Crippen molar-refractivity contribution in [2.45, 2.75) is 33.4 Å². The van der Waals surface area contributed by atoms with Gasteiger partial charge >= 0.3 is 0 Å². The van der Waals surface area contributed by atoms with Gasteiger partial charge in [-0.2, -0.15) is 0 Å². The van der Waals surface area contributed by atoms with Gasteiger partial charge in [-0.1, -0.05) is 44.2 Å². The van der Waals surface area contributed by atoms with Crippen molar-refractivity contribution in [1.82, 2.24) is 14.9 Å². The van der Waals surface area contributed by atoms with Crippen molar-refractivity contribution in [2.75, 3.05) is 0 Å². The van der Waals surface area contributed by atoms with Crippen LogP contribution >= 0.6 is 0 Å². The molecule has 3 aromatic rings. The quantitative estimate of drug-likeness (QED) is 0.699. The van der Waals surface area contributed by atoms with Crippen LogP contribution in [0.3, 0.4) is 0 Å². The van der Waals surface area contributed by atoms with E-state index in [1.807, 2.05) is 55.8 Å². The molecule has 0 aliphatic heterocycles. The molecule has 1 N–H and O–H groups in total. The van der Waals surface area contributed by atoms with Gasteiger partial charge in [0, 0.05) is 24.5 Å². The topological polar surface area (TPSA) is 46.9 Å². The fraction of sp³-hybridized carbons (Fsp3) is 0.273. The van der Waals surface area contributed by atoms with Crippen LogP contribution in [0.2, 0.25) is 0 Å². The largest absolute Gasteiger partial charge is 0.345 e. The summed E-state index contributed by atoms with van der Waals surface area (Å²) in [4.78, 5) is 17.3. The number of halogens is 1. The second-order valence-corrected chi connectivity index (χ2v) is 7.01. The first-order valence-electron chi connectivity index (χ1n) is 9.07. The third-order valence-corrected chi connectivity index (χ3v) is 4.71. The van der Waals surface area contributed by atoms with Gasteiger partial charge < -0.3 is 9.88 Å². The summed E-state index contributed by atoms with van der Waals surface area (Å²) in [5, 5.41) is 3.12. The first-order valence-corrected chi connectivity index (χ1v) is 9.07.